The predicted molar refractivity (Wildman–Crippen MR) is 182 cm³/mol. The van der Waals surface area contributed by atoms with Crippen LogP contribution in [0.1, 0.15) is 5.56 Å². The van der Waals surface area contributed by atoms with Gasteiger partial charge in [-0.25, -0.2) is 9.21 Å². The molecule has 55 heavy (non-hydrogen) atoms. The van der Waals surface area contributed by atoms with Gasteiger partial charge in [-0.05, 0) is 35.9 Å². The second kappa shape index (κ2) is 16.1. The van der Waals surface area contributed by atoms with Gasteiger partial charge < -0.3 is 85.0 Å². The Bertz CT molecular complexity index is 2050. The van der Waals surface area contributed by atoms with Crippen LogP contribution >= 0.6 is 0 Å². The van der Waals surface area contributed by atoms with Gasteiger partial charge in [-0.2, -0.15) is 0 Å². The van der Waals surface area contributed by atoms with Crippen molar-refractivity contribution in [3.8, 4) is 51.6 Å². The predicted octanol–water partition coefficient (Wildman–Crippen LogP) is -0.118. The minimum atomic E-state index is -2.01. The van der Waals surface area contributed by atoms with Crippen molar-refractivity contribution < 1.29 is 94.2 Å². The number of benzene rings is 3. The molecule has 1 aromatic heterocycles. The first-order valence-electron chi connectivity index (χ1n) is 16.5. The molecule has 2 saturated heterocycles. The Morgan fingerprint density at radius 3 is 2.07 bits per heavy atom. The number of phenols is 6. The van der Waals surface area contributed by atoms with Crippen molar-refractivity contribution in [3.05, 3.63) is 66.2 Å². The molecule has 4 unspecified atom stereocenters. The summed E-state index contributed by atoms with van der Waals surface area (Å²) >= 11 is 0. The first-order chi connectivity index (χ1) is 26.1. The molecule has 10 atom stereocenters. The highest BCUT2D eigenvalue weighted by molar-refractivity contribution is 5.89. The Labute approximate surface area is 309 Å². The zero-order valence-corrected chi connectivity index (χ0v) is 28.3. The Morgan fingerprint density at radius 1 is 0.709 bits per heavy atom. The summed E-state index contributed by atoms with van der Waals surface area (Å²) in [6.45, 7) is -1.54. The van der Waals surface area contributed by atoms with Crippen LogP contribution in [0.25, 0.3) is 28.4 Å². The maximum Gasteiger partial charge on any atom is 0.402 e. The van der Waals surface area contributed by atoms with Gasteiger partial charge in [-0.1, -0.05) is 6.07 Å². The van der Waals surface area contributed by atoms with Crippen molar-refractivity contribution in [1.29, 1.82) is 0 Å². The summed E-state index contributed by atoms with van der Waals surface area (Å²) in [6, 6.07) is 10.7. The van der Waals surface area contributed by atoms with E-state index in [4.69, 9.17) is 28.1 Å². The number of phenolic OH excluding ortho intramolecular Hbond substituents is 6. The molecule has 0 bridgehead atoms. The Kier molecular flexibility index (Phi) is 11.5. The number of aliphatic hydroxyl groups is 6. The lowest BCUT2D eigenvalue weighted by atomic mass is 9.97. The summed E-state index contributed by atoms with van der Waals surface area (Å²) in [5.41, 5.74) is 0.303. The quantitative estimate of drug-likeness (QED) is 0.0433. The third-order valence-electron chi connectivity index (χ3n) is 8.88. The zero-order valence-electron chi connectivity index (χ0n) is 28.3. The first kappa shape index (κ1) is 39.2. The summed E-state index contributed by atoms with van der Waals surface area (Å²) < 4.78 is 34.5. The Balaban J connectivity index is 1.34. The van der Waals surface area contributed by atoms with Crippen molar-refractivity contribution in [2.75, 3.05) is 13.2 Å². The number of aliphatic hydroxyl groups excluding tert-OH is 6. The van der Waals surface area contributed by atoms with Crippen LogP contribution in [-0.4, -0.2) is 142 Å². The van der Waals surface area contributed by atoms with Crippen LogP contribution in [0.5, 0.6) is 40.2 Å². The van der Waals surface area contributed by atoms with Crippen LogP contribution in [0.3, 0.4) is 0 Å². The highest BCUT2D eigenvalue weighted by atomic mass is 16.8. The van der Waals surface area contributed by atoms with Gasteiger partial charge in [0.1, 0.15) is 66.2 Å². The van der Waals surface area contributed by atoms with Gasteiger partial charge in [0, 0.05) is 24.3 Å². The van der Waals surface area contributed by atoms with E-state index in [-0.39, 0.29) is 39.5 Å². The third-order valence-corrected chi connectivity index (χ3v) is 8.88. The zero-order chi connectivity index (χ0) is 39.7. The van der Waals surface area contributed by atoms with Crippen LogP contribution < -0.4 is 4.74 Å². The molecular weight excluding hydrogens is 736 g/mol. The molecule has 0 aliphatic carbocycles. The first-order valence-corrected chi connectivity index (χ1v) is 16.5. The largest absolute Gasteiger partial charge is 0.507 e. The smallest absolute Gasteiger partial charge is 0.402 e. The molecule has 19 heteroatoms. The van der Waals surface area contributed by atoms with Crippen molar-refractivity contribution >= 4 is 23.0 Å². The summed E-state index contributed by atoms with van der Waals surface area (Å²) in [6.07, 6.45) is -15.9. The second-order valence-electron chi connectivity index (χ2n) is 12.7. The van der Waals surface area contributed by atoms with Gasteiger partial charge in [-0.15, -0.1) is 0 Å². The van der Waals surface area contributed by atoms with Crippen LogP contribution in [0.15, 0.2) is 65.1 Å². The number of rotatable bonds is 10. The Morgan fingerprint density at radius 2 is 1.38 bits per heavy atom. The van der Waals surface area contributed by atoms with E-state index in [1.807, 2.05) is 0 Å². The van der Waals surface area contributed by atoms with Gasteiger partial charge >= 0.3 is 17.3 Å². The van der Waals surface area contributed by atoms with Crippen molar-refractivity contribution in [3.63, 3.8) is 0 Å². The fourth-order valence-electron chi connectivity index (χ4n) is 5.90. The Hall–Kier alpha value is -5.48. The maximum atomic E-state index is 12.6. The molecule has 4 aromatic rings. The average Bonchev–Trinajstić information content (AvgIpc) is 3.15. The van der Waals surface area contributed by atoms with Gasteiger partial charge in [-0.3, -0.25) is 0 Å². The van der Waals surface area contributed by atoms with Gasteiger partial charge in [0.25, 0.3) is 0 Å². The van der Waals surface area contributed by atoms with Gasteiger partial charge in [0.2, 0.25) is 12.0 Å². The molecular formula is C36H37O19+. The minimum absolute atomic E-state index is 0.0263. The SMILES string of the molecule is O=C(/C=C/c1ccc(O)c(O)c1)OCC1O[C@@H](Oc2cc3c(O)cc(O)cc3[o+]c2-c2ccc(O)c(O)c2)C(O[C@@H]2OC(CO)[C@@H](O)[C@H](O)C2O)[C@@H](O)[C@@H]1O. The fraction of sp³-hybridized carbons (Fsp3) is 0.333. The molecule has 2 aliphatic rings. The van der Waals surface area contributed by atoms with E-state index in [0.29, 0.717) is 5.56 Å². The van der Waals surface area contributed by atoms with Gasteiger partial charge in [0.05, 0.1) is 18.2 Å². The number of hydrogen-bond donors (Lipinski definition) is 12. The summed E-state index contributed by atoms with van der Waals surface area (Å²) in [4.78, 5) is 12.6. The normalized spacial score (nSPS) is 28.3. The van der Waals surface area contributed by atoms with E-state index in [1.54, 1.807) is 0 Å². The lowest BCUT2D eigenvalue weighted by molar-refractivity contribution is -0.357. The van der Waals surface area contributed by atoms with Crippen molar-refractivity contribution in [2.24, 2.45) is 0 Å². The van der Waals surface area contributed by atoms with E-state index in [0.717, 1.165) is 30.3 Å². The molecule has 12 N–H and O–H groups in total. The number of carbonyl (C=O) groups is 1. The molecule has 0 amide bonds. The average molecular weight is 774 g/mol. The van der Waals surface area contributed by atoms with Gasteiger partial charge in [0.15, 0.2) is 35.4 Å². The molecule has 2 aliphatic heterocycles. The molecule has 294 valence electrons. The monoisotopic (exact) mass is 773 g/mol. The standard InChI is InChI=1S/C36H36O19/c37-12-25-28(45)30(47)32(49)35(53-25)55-34-31(48)29(46)26(13-50-27(44)6-2-14-1-4-18(39)21(42)7-14)54-36(34)52-24-11-17-20(41)9-16(38)10-23(17)51-33(24)15-3-5-19(40)22(43)8-15/h1-11,25-26,28-32,34-37,45-49H,12-13H2,(H5-,38,39,40,41,42,43,44)/p+1/t25?,26?,28-,29-,30+,31+,32?,34?,35+,36-/m1/s1. The molecule has 19 nitrogen and oxygen atoms in total. The number of hydrogen-bond acceptors (Lipinski definition) is 18. The number of aromatic hydroxyl groups is 6. The molecule has 2 fully saturated rings. The van der Waals surface area contributed by atoms with Crippen LogP contribution in [-0.2, 0) is 23.7 Å². The lowest BCUT2D eigenvalue weighted by Gasteiger charge is -2.45. The topological polar surface area (TPSA) is 317 Å². The number of ether oxygens (including phenoxy) is 5. The summed E-state index contributed by atoms with van der Waals surface area (Å²) in [5.74, 6) is -4.21. The van der Waals surface area contributed by atoms with Crippen LogP contribution in [0.4, 0.5) is 0 Å². The number of fused-ring (bicyclic) bond motifs is 1. The molecule has 0 spiro atoms. The van der Waals surface area contributed by atoms with E-state index in [1.165, 1.54) is 36.4 Å². The van der Waals surface area contributed by atoms with Crippen molar-refractivity contribution in [1.82, 2.24) is 0 Å². The maximum absolute atomic E-state index is 12.6. The van der Waals surface area contributed by atoms with E-state index in [9.17, 15) is 66.1 Å². The molecule has 0 saturated carbocycles. The van der Waals surface area contributed by atoms with Crippen molar-refractivity contribution in [2.45, 2.75) is 61.4 Å². The molecule has 3 aromatic carbocycles. The van der Waals surface area contributed by atoms with Crippen LogP contribution in [0.2, 0.25) is 0 Å². The second-order valence-corrected chi connectivity index (χ2v) is 12.7. The number of esters is 1. The van der Waals surface area contributed by atoms with Crippen LogP contribution in [0, 0.1) is 0 Å². The molecule has 0 radical (unpaired) electrons. The van der Waals surface area contributed by atoms with E-state index >= 15 is 0 Å². The highest BCUT2D eigenvalue weighted by Crippen LogP contribution is 2.42. The highest BCUT2D eigenvalue weighted by Gasteiger charge is 2.52. The molecule has 3 heterocycles. The lowest BCUT2D eigenvalue weighted by Crippen LogP contribution is -2.65. The summed E-state index contributed by atoms with van der Waals surface area (Å²) in [5, 5.41) is 124. The number of carbonyl (C=O) groups excluding carboxylic acids is 1. The van der Waals surface area contributed by atoms with E-state index < -0.39 is 104 Å². The minimum Gasteiger partial charge on any atom is -0.507 e. The fourth-order valence-corrected chi connectivity index (χ4v) is 5.90. The third kappa shape index (κ3) is 8.29. The molecule has 6 rings (SSSR count). The van der Waals surface area contributed by atoms with E-state index in [2.05, 4.69) is 0 Å². The summed E-state index contributed by atoms with van der Waals surface area (Å²) in [7, 11) is 0.